The Balaban J connectivity index is 2.16. The zero-order valence-electron chi connectivity index (χ0n) is 10.3. The third kappa shape index (κ3) is 5.31. The lowest BCUT2D eigenvalue weighted by molar-refractivity contribution is -0.122. The van der Waals surface area contributed by atoms with Crippen LogP contribution >= 0.6 is 0 Å². The number of hydrogen-bond donors (Lipinski definition) is 4. The van der Waals surface area contributed by atoms with Crippen molar-refractivity contribution in [3.8, 4) is 0 Å². The fraction of sp³-hybridized carbons (Fsp3) is 0.333. The Labute approximate surface area is 106 Å². The number of urea groups is 1. The molecule has 0 radical (unpaired) electrons. The molecule has 0 aliphatic rings. The van der Waals surface area contributed by atoms with Crippen molar-refractivity contribution in [2.75, 3.05) is 6.54 Å². The summed E-state index contributed by atoms with van der Waals surface area (Å²) in [5.41, 5.74) is 10.9. The van der Waals surface area contributed by atoms with Crippen molar-refractivity contribution in [2.24, 2.45) is 5.73 Å². The molecule has 1 atom stereocenters. The highest BCUT2D eigenvalue weighted by atomic mass is 16.2. The van der Waals surface area contributed by atoms with Crippen LogP contribution in [0.25, 0.3) is 0 Å². The zero-order valence-corrected chi connectivity index (χ0v) is 10.3. The minimum absolute atomic E-state index is 0.437. The van der Waals surface area contributed by atoms with E-state index in [1.165, 1.54) is 6.92 Å². The van der Waals surface area contributed by atoms with Crippen molar-refractivity contribution in [1.82, 2.24) is 16.2 Å². The highest BCUT2D eigenvalue weighted by Gasteiger charge is 2.07. The molecule has 1 aromatic rings. The van der Waals surface area contributed by atoms with Crippen LogP contribution in [-0.4, -0.2) is 24.5 Å². The van der Waals surface area contributed by atoms with Gasteiger partial charge in [-0.1, -0.05) is 30.3 Å². The number of hydrogen-bond acceptors (Lipinski definition) is 3. The standard InChI is InChI=1S/C12H18N4O2/c1-9(13)11(17)15-16-12(18)14-8-7-10-5-3-2-4-6-10/h2-6,9H,7-8,13H2,1H3,(H,15,17)(H2,14,16,18). The Kier molecular flexibility index (Phi) is 5.66. The van der Waals surface area contributed by atoms with Crippen LogP contribution < -0.4 is 21.9 Å². The second-order valence-electron chi connectivity index (χ2n) is 3.89. The number of nitrogens with one attached hydrogen (secondary N) is 3. The van der Waals surface area contributed by atoms with E-state index in [1.54, 1.807) is 0 Å². The third-order valence-corrected chi connectivity index (χ3v) is 2.25. The molecule has 6 heteroatoms. The van der Waals surface area contributed by atoms with E-state index in [2.05, 4.69) is 16.2 Å². The molecule has 0 aromatic heterocycles. The van der Waals surface area contributed by atoms with Crippen LogP contribution in [-0.2, 0) is 11.2 Å². The lowest BCUT2D eigenvalue weighted by atomic mass is 10.1. The molecule has 5 N–H and O–H groups in total. The normalized spacial score (nSPS) is 11.4. The van der Waals surface area contributed by atoms with Gasteiger partial charge in [0.15, 0.2) is 0 Å². The van der Waals surface area contributed by atoms with Gasteiger partial charge in [0, 0.05) is 6.54 Å². The van der Waals surface area contributed by atoms with E-state index < -0.39 is 18.0 Å². The molecule has 1 rings (SSSR count). The van der Waals surface area contributed by atoms with E-state index in [9.17, 15) is 9.59 Å². The Bertz CT molecular complexity index is 392. The molecule has 0 bridgehead atoms. The molecule has 0 fully saturated rings. The van der Waals surface area contributed by atoms with Gasteiger partial charge in [-0.3, -0.25) is 10.2 Å². The first kappa shape index (κ1) is 14.0. The molecule has 1 aromatic carbocycles. The molecule has 0 spiro atoms. The largest absolute Gasteiger partial charge is 0.336 e. The zero-order chi connectivity index (χ0) is 13.4. The summed E-state index contributed by atoms with van der Waals surface area (Å²) < 4.78 is 0. The summed E-state index contributed by atoms with van der Waals surface area (Å²) in [5, 5.41) is 2.62. The Hall–Kier alpha value is -2.08. The topological polar surface area (TPSA) is 96.2 Å². The maximum atomic E-state index is 11.3. The van der Waals surface area contributed by atoms with Crippen LogP contribution in [0.1, 0.15) is 12.5 Å². The molecule has 18 heavy (non-hydrogen) atoms. The fourth-order valence-electron chi connectivity index (χ4n) is 1.24. The fourth-order valence-corrected chi connectivity index (χ4v) is 1.24. The molecule has 0 saturated heterocycles. The van der Waals surface area contributed by atoms with Gasteiger partial charge in [-0.25, -0.2) is 10.2 Å². The summed E-state index contributed by atoms with van der Waals surface area (Å²) in [6, 6.07) is 8.67. The SMILES string of the molecule is CC(N)C(=O)NNC(=O)NCCc1ccccc1. The summed E-state index contributed by atoms with van der Waals surface area (Å²) >= 11 is 0. The molecular weight excluding hydrogens is 232 g/mol. The van der Waals surface area contributed by atoms with E-state index in [-0.39, 0.29) is 0 Å². The first-order valence-corrected chi connectivity index (χ1v) is 5.73. The summed E-state index contributed by atoms with van der Waals surface area (Å²) in [6.07, 6.45) is 0.732. The first-order valence-electron chi connectivity index (χ1n) is 5.73. The summed E-state index contributed by atoms with van der Waals surface area (Å²) in [5.74, 6) is -0.437. The van der Waals surface area contributed by atoms with Gasteiger partial charge in [0.2, 0.25) is 0 Å². The van der Waals surface area contributed by atoms with Gasteiger partial charge < -0.3 is 11.1 Å². The number of carbonyl (C=O) groups is 2. The van der Waals surface area contributed by atoms with Gasteiger partial charge in [-0.15, -0.1) is 0 Å². The molecule has 0 saturated carbocycles. The van der Waals surface area contributed by atoms with Crippen LogP contribution in [0.5, 0.6) is 0 Å². The number of nitrogens with two attached hydrogens (primary N) is 1. The van der Waals surface area contributed by atoms with E-state index in [4.69, 9.17) is 5.73 Å². The average Bonchev–Trinajstić information content (AvgIpc) is 2.37. The second kappa shape index (κ2) is 7.29. The molecule has 3 amide bonds. The average molecular weight is 250 g/mol. The van der Waals surface area contributed by atoms with Crippen molar-refractivity contribution >= 4 is 11.9 Å². The van der Waals surface area contributed by atoms with E-state index >= 15 is 0 Å². The highest BCUT2D eigenvalue weighted by Crippen LogP contribution is 1.97. The third-order valence-electron chi connectivity index (χ3n) is 2.25. The number of carbonyl (C=O) groups excluding carboxylic acids is 2. The first-order chi connectivity index (χ1) is 8.59. The Morgan fingerprint density at radius 3 is 2.50 bits per heavy atom. The molecule has 0 aliphatic heterocycles. The lowest BCUT2D eigenvalue weighted by Gasteiger charge is -2.10. The predicted octanol–water partition coefficient (Wildman–Crippen LogP) is -0.0933. The Morgan fingerprint density at radius 1 is 1.22 bits per heavy atom. The molecule has 6 nitrogen and oxygen atoms in total. The molecule has 1 unspecified atom stereocenters. The van der Waals surface area contributed by atoms with Crippen LogP contribution in [0, 0.1) is 0 Å². The molecule has 98 valence electrons. The number of rotatable bonds is 4. The van der Waals surface area contributed by atoms with E-state index in [0.29, 0.717) is 6.54 Å². The van der Waals surface area contributed by atoms with Gasteiger partial charge in [0.1, 0.15) is 0 Å². The highest BCUT2D eigenvalue weighted by molar-refractivity contribution is 5.84. The molecule has 0 aliphatic carbocycles. The second-order valence-corrected chi connectivity index (χ2v) is 3.89. The predicted molar refractivity (Wildman–Crippen MR) is 68.5 cm³/mol. The van der Waals surface area contributed by atoms with Gasteiger partial charge in [-0.05, 0) is 18.9 Å². The number of amides is 3. The van der Waals surface area contributed by atoms with Crippen LogP contribution in [0.15, 0.2) is 30.3 Å². The van der Waals surface area contributed by atoms with Gasteiger partial charge in [0.25, 0.3) is 5.91 Å². The van der Waals surface area contributed by atoms with Gasteiger partial charge in [0.05, 0.1) is 6.04 Å². The van der Waals surface area contributed by atoms with Crippen LogP contribution in [0.2, 0.25) is 0 Å². The van der Waals surface area contributed by atoms with Gasteiger partial charge in [-0.2, -0.15) is 0 Å². The van der Waals surface area contributed by atoms with Crippen molar-refractivity contribution in [3.63, 3.8) is 0 Å². The maximum absolute atomic E-state index is 11.3. The number of benzene rings is 1. The summed E-state index contributed by atoms with van der Waals surface area (Å²) in [6.45, 7) is 2.02. The van der Waals surface area contributed by atoms with E-state index in [1.807, 2.05) is 30.3 Å². The smallest absolute Gasteiger partial charge is 0.333 e. The number of hydrazine groups is 1. The minimum atomic E-state index is -0.658. The minimum Gasteiger partial charge on any atom is -0.336 e. The van der Waals surface area contributed by atoms with Crippen molar-refractivity contribution < 1.29 is 9.59 Å². The molecule has 0 heterocycles. The monoisotopic (exact) mass is 250 g/mol. The van der Waals surface area contributed by atoms with Crippen molar-refractivity contribution in [3.05, 3.63) is 35.9 Å². The Morgan fingerprint density at radius 2 is 1.89 bits per heavy atom. The lowest BCUT2D eigenvalue weighted by Crippen LogP contribution is -2.51. The van der Waals surface area contributed by atoms with Crippen LogP contribution in [0.3, 0.4) is 0 Å². The molecular formula is C12H18N4O2. The maximum Gasteiger partial charge on any atom is 0.333 e. The quantitative estimate of drug-likeness (QED) is 0.562. The van der Waals surface area contributed by atoms with E-state index in [0.717, 1.165) is 12.0 Å². The summed E-state index contributed by atoms with van der Waals surface area (Å²) in [7, 11) is 0. The summed E-state index contributed by atoms with van der Waals surface area (Å²) in [4.78, 5) is 22.3. The van der Waals surface area contributed by atoms with Gasteiger partial charge >= 0.3 is 6.03 Å². The van der Waals surface area contributed by atoms with Crippen LogP contribution in [0.4, 0.5) is 4.79 Å². The van der Waals surface area contributed by atoms with Crippen molar-refractivity contribution in [1.29, 1.82) is 0 Å². The van der Waals surface area contributed by atoms with Crippen molar-refractivity contribution in [2.45, 2.75) is 19.4 Å².